The van der Waals surface area contributed by atoms with E-state index in [1.165, 1.54) is 21.9 Å². The van der Waals surface area contributed by atoms with Gasteiger partial charge in [0.05, 0.1) is 0 Å². The number of aryl methyl sites for hydroxylation is 1. The molecule has 0 aliphatic rings. The van der Waals surface area contributed by atoms with Crippen molar-refractivity contribution in [2.75, 3.05) is 0 Å². The van der Waals surface area contributed by atoms with Crippen LogP contribution in [0.4, 0.5) is 0 Å². The zero-order chi connectivity index (χ0) is 10.8. The summed E-state index contributed by atoms with van der Waals surface area (Å²) in [5.41, 5.74) is 3.37. The topological polar surface area (TPSA) is 0 Å². The second-order valence-electron chi connectivity index (χ2n) is 3.76. The van der Waals surface area contributed by atoms with Crippen molar-refractivity contribution in [1.82, 2.24) is 0 Å². The quantitative estimate of drug-likeness (QED) is 0.609. The number of allylic oxidation sites excluding steroid dienone is 1. The molecule has 0 nitrogen and oxygen atoms in total. The largest absolute Gasteiger partial charge is 0.113 e. The molecule has 2 radical (unpaired) electrons. The van der Waals surface area contributed by atoms with Gasteiger partial charge in [-0.1, -0.05) is 47.9 Å². The van der Waals surface area contributed by atoms with Crippen LogP contribution in [0, 0.1) is 6.92 Å². The van der Waals surface area contributed by atoms with E-state index in [2.05, 4.69) is 37.3 Å². The van der Waals surface area contributed by atoms with Crippen LogP contribution in [-0.4, -0.2) is 7.85 Å². The minimum absolute atomic E-state index is 0.822. The van der Waals surface area contributed by atoms with Crippen LogP contribution in [0.1, 0.15) is 18.1 Å². The second-order valence-corrected chi connectivity index (χ2v) is 3.76. The van der Waals surface area contributed by atoms with Gasteiger partial charge < -0.3 is 0 Å². The van der Waals surface area contributed by atoms with Gasteiger partial charge in [0, 0.05) is 0 Å². The number of rotatable bonds is 1. The van der Waals surface area contributed by atoms with E-state index in [9.17, 15) is 0 Å². The van der Waals surface area contributed by atoms with Crippen molar-refractivity contribution in [3.8, 4) is 0 Å². The molecule has 0 unspecified atom stereocenters. The van der Waals surface area contributed by atoms with Gasteiger partial charge in [0.1, 0.15) is 7.85 Å². The Bertz CT molecular complexity index is 524. The van der Waals surface area contributed by atoms with Crippen LogP contribution in [-0.2, 0) is 0 Å². The van der Waals surface area contributed by atoms with E-state index in [0.717, 1.165) is 5.46 Å². The first-order valence-corrected chi connectivity index (χ1v) is 5.14. The Morgan fingerprint density at radius 3 is 2.60 bits per heavy atom. The summed E-state index contributed by atoms with van der Waals surface area (Å²) in [5, 5.41) is 2.49. The first kappa shape index (κ1) is 10.0. The van der Waals surface area contributed by atoms with Gasteiger partial charge >= 0.3 is 0 Å². The Kier molecular flexibility index (Phi) is 2.63. The van der Waals surface area contributed by atoms with Crippen molar-refractivity contribution in [3.63, 3.8) is 0 Å². The van der Waals surface area contributed by atoms with Gasteiger partial charge in [-0.25, -0.2) is 0 Å². The minimum Gasteiger partial charge on any atom is -0.0960 e. The standard InChI is InChI=1S/C14H13B/c1-3-4-11-5-6-12-7-8-13(15)9-14(12)10(11)2/h3-9H,1-2H3/b4-3-. The summed E-state index contributed by atoms with van der Waals surface area (Å²) in [6.07, 6.45) is 4.18. The predicted molar refractivity (Wildman–Crippen MR) is 68.8 cm³/mol. The van der Waals surface area contributed by atoms with Crippen LogP contribution >= 0.6 is 0 Å². The molecule has 2 aromatic rings. The molecule has 0 bridgehead atoms. The normalized spacial score (nSPS) is 11.3. The lowest BCUT2D eigenvalue weighted by molar-refractivity contribution is 1.50. The summed E-state index contributed by atoms with van der Waals surface area (Å²) in [5.74, 6) is 0. The lowest BCUT2D eigenvalue weighted by Gasteiger charge is -2.07. The molecule has 0 spiro atoms. The van der Waals surface area contributed by atoms with Crippen molar-refractivity contribution >= 4 is 30.2 Å². The van der Waals surface area contributed by atoms with E-state index in [-0.39, 0.29) is 0 Å². The summed E-state index contributed by atoms with van der Waals surface area (Å²) in [6, 6.07) is 10.3. The fourth-order valence-corrected chi connectivity index (χ4v) is 1.86. The molecule has 0 fully saturated rings. The van der Waals surface area contributed by atoms with Gasteiger partial charge in [-0.15, -0.1) is 0 Å². The molecule has 72 valence electrons. The molecule has 0 aromatic heterocycles. The van der Waals surface area contributed by atoms with Crippen LogP contribution in [0.3, 0.4) is 0 Å². The van der Waals surface area contributed by atoms with E-state index < -0.39 is 0 Å². The number of fused-ring (bicyclic) bond motifs is 1. The molecule has 15 heavy (non-hydrogen) atoms. The third kappa shape index (κ3) is 1.82. The van der Waals surface area contributed by atoms with E-state index in [1.54, 1.807) is 0 Å². The molecular formula is C14H13B. The first-order chi connectivity index (χ1) is 7.22. The lowest BCUT2D eigenvalue weighted by atomic mass is 9.91. The minimum atomic E-state index is 0.822. The van der Waals surface area contributed by atoms with Crippen LogP contribution < -0.4 is 5.46 Å². The fourth-order valence-electron chi connectivity index (χ4n) is 1.86. The van der Waals surface area contributed by atoms with E-state index in [0.29, 0.717) is 0 Å². The maximum atomic E-state index is 5.80. The SMILES string of the molecule is [B]c1ccc2ccc(/C=C\C)c(C)c2c1. The Hall–Kier alpha value is -1.50. The summed E-state index contributed by atoms with van der Waals surface area (Å²) in [6.45, 7) is 4.17. The second kappa shape index (κ2) is 3.94. The molecule has 0 atom stereocenters. The van der Waals surface area contributed by atoms with Crippen molar-refractivity contribution in [3.05, 3.63) is 47.5 Å². The highest BCUT2D eigenvalue weighted by atomic mass is 14.0. The number of hydrogen-bond donors (Lipinski definition) is 0. The number of benzene rings is 2. The van der Waals surface area contributed by atoms with Crippen LogP contribution in [0.5, 0.6) is 0 Å². The first-order valence-electron chi connectivity index (χ1n) is 5.14. The van der Waals surface area contributed by atoms with Crippen molar-refractivity contribution in [2.45, 2.75) is 13.8 Å². The summed E-state index contributed by atoms with van der Waals surface area (Å²) < 4.78 is 0. The van der Waals surface area contributed by atoms with Crippen molar-refractivity contribution < 1.29 is 0 Å². The molecule has 0 saturated carbocycles. The van der Waals surface area contributed by atoms with E-state index in [4.69, 9.17) is 7.85 Å². The molecule has 1 heteroatoms. The van der Waals surface area contributed by atoms with Crippen LogP contribution in [0.2, 0.25) is 0 Å². The summed E-state index contributed by atoms with van der Waals surface area (Å²) in [4.78, 5) is 0. The summed E-state index contributed by atoms with van der Waals surface area (Å²) >= 11 is 0. The highest BCUT2D eigenvalue weighted by molar-refractivity contribution is 6.33. The maximum Gasteiger partial charge on any atom is 0.113 e. The molecule has 0 aliphatic heterocycles. The summed E-state index contributed by atoms with van der Waals surface area (Å²) in [7, 11) is 5.80. The monoisotopic (exact) mass is 192 g/mol. The third-order valence-electron chi connectivity index (χ3n) is 2.70. The Morgan fingerprint density at radius 2 is 1.87 bits per heavy atom. The number of hydrogen-bond acceptors (Lipinski definition) is 0. The van der Waals surface area contributed by atoms with Crippen LogP contribution in [0.25, 0.3) is 16.8 Å². The molecule has 0 N–H and O–H groups in total. The fraction of sp³-hybridized carbons (Fsp3) is 0.143. The third-order valence-corrected chi connectivity index (χ3v) is 2.70. The highest BCUT2D eigenvalue weighted by Crippen LogP contribution is 2.21. The maximum absolute atomic E-state index is 5.80. The van der Waals surface area contributed by atoms with Gasteiger partial charge in [-0.3, -0.25) is 0 Å². The molecule has 0 aliphatic carbocycles. The van der Waals surface area contributed by atoms with Gasteiger partial charge in [0.15, 0.2) is 0 Å². The Morgan fingerprint density at radius 1 is 1.13 bits per heavy atom. The van der Waals surface area contributed by atoms with Crippen LogP contribution in [0.15, 0.2) is 36.4 Å². The zero-order valence-corrected chi connectivity index (χ0v) is 9.12. The molecule has 0 amide bonds. The van der Waals surface area contributed by atoms with E-state index >= 15 is 0 Å². The molecule has 0 saturated heterocycles. The molecular weight excluding hydrogens is 179 g/mol. The molecule has 2 rings (SSSR count). The van der Waals surface area contributed by atoms with Gasteiger partial charge in [0.25, 0.3) is 0 Å². The molecule has 0 heterocycles. The average Bonchev–Trinajstić information content (AvgIpc) is 2.23. The highest BCUT2D eigenvalue weighted by Gasteiger charge is 2.00. The molecule has 2 aromatic carbocycles. The smallest absolute Gasteiger partial charge is 0.0960 e. The van der Waals surface area contributed by atoms with Gasteiger partial charge in [-0.05, 0) is 35.7 Å². The van der Waals surface area contributed by atoms with Gasteiger partial charge in [-0.2, -0.15) is 0 Å². The predicted octanol–water partition coefficient (Wildman–Crippen LogP) is 2.98. The lowest BCUT2D eigenvalue weighted by Crippen LogP contribution is -2.00. The van der Waals surface area contributed by atoms with Gasteiger partial charge in [0.2, 0.25) is 0 Å². The average molecular weight is 192 g/mol. The van der Waals surface area contributed by atoms with E-state index in [1.807, 2.05) is 19.1 Å². The van der Waals surface area contributed by atoms with Crippen molar-refractivity contribution in [1.29, 1.82) is 0 Å². The Balaban J connectivity index is 2.76. The Labute approximate surface area is 92.0 Å². The van der Waals surface area contributed by atoms with Crippen molar-refractivity contribution in [2.24, 2.45) is 0 Å². The zero-order valence-electron chi connectivity index (χ0n) is 9.12.